The smallest absolute Gasteiger partial charge is 0.561 e. The van der Waals surface area contributed by atoms with Gasteiger partial charge < -0.3 is 20.2 Å². The van der Waals surface area contributed by atoms with E-state index in [2.05, 4.69) is 5.48 Å². The first-order valence-corrected chi connectivity index (χ1v) is 9.02. The molecule has 0 bridgehead atoms. The van der Waals surface area contributed by atoms with Crippen molar-refractivity contribution in [2.24, 2.45) is 0 Å². The Hall–Kier alpha value is -1.38. The van der Waals surface area contributed by atoms with Gasteiger partial charge in [-0.25, -0.2) is 4.79 Å². The third-order valence-electron chi connectivity index (χ3n) is 4.06. The van der Waals surface area contributed by atoms with E-state index in [0.717, 1.165) is 16.9 Å². The molecule has 0 saturated heterocycles. The summed E-state index contributed by atoms with van der Waals surface area (Å²) in [6, 6.07) is 19.6. The fourth-order valence-electron chi connectivity index (χ4n) is 2.46. The molecule has 0 unspecified atom stereocenters. The maximum atomic E-state index is 10.9. The van der Waals surface area contributed by atoms with Crippen LogP contribution in [0.2, 0.25) is 5.02 Å². The van der Waals surface area contributed by atoms with E-state index in [1.807, 2.05) is 37.3 Å². The standard InChI is InChI=1S/C22H19ClNO4.K/c1-15-2-10-20(11-3-15)27-14-18-8-9-19(23)12-21(18)24-28-13-16-4-6-17(7-5-16)22(25)26;/h2-12H,13-14H2,1H3,(H,25,26);/q-1;+1. The van der Waals surface area contributed by atoms with Crippen LogP contribution in [0.25, 0.3) is 5.48 Å². The molecule has 0 aliphatic heterocycles. The van der Waals surface area contributed by atoms with Crippen molar-refractivity contribution in [1.82, 2.24) is 0 Å². The predicted molar refractivity (Wildman–Crippen MR) is 108 cm³/mol. The molecule has 3 aromatic rings. The van der Waals surface area contributed by atoms with Crippen molar-refractivity contribution in [3.8, 4) is 5.75 Å². The first-order chi connectivity index (χ1) is 13.5. The van der Waals surface area contributed by atoms with Gasteiger partial charge in [-0.1, -0.05) is 53.6 Å². The Bertz CT molecular complexity index is 946. The van der Waals surface area contributed by atoms with E-state index < -0.39 is 5.97 Å². The summed E-state index contributed by atoms with van der Waals surface area (Å²) >= 11 is 6.08. The number of aromatic carboxylic acids is 1. The van der Waals surface area contributed by atoms with E-state index in [4.69, 9.17) is 26.3 Å². The maximum absolute atomic E-state index is 10.9. The third-order valence-corrected chi connectivity index (χ3v) is 4.29. The number of aryl methyl sites for hydroxylation is 1. The summed E-state index contributed by atoms with van der Waals surface area (Å²) in [5.74, 6) is -0.194. The summed E-state index contributed by atoms with van der Waals surface area (Å²) in [4.78, 5) is 16.3. The molecule has 29 heavy (non-hydrogen) atoms. The van der Waals surface area contributed by atoms with Crippen molar-refractivity contribution >= 4 is 23.3 Å². The summed E-state index contributed by atoms with van der Waals surface area (Å²) in [5, 5.41) is 9.48. The largest absolute Gasteiger partial charge is 1.00 e. The van der Waals surface area contributed by atoms with E-state index in [1.165, 1.54) is 17.7 Å². The second-order valence-corrected chi connectivity index (χ2v) is 6.68. The number of hydrogen-bond donors (Lipinski definition) is 1. The van der Waals surface area contributed by atoms with Crippen LogP contribution < -0.4 is 56.1 Å². The van der Waals surface area contributed by atoms with Crippen LogP contribution in [0.15, 0.2) is 66.7 Å². The Morgan fingerprint density at radius 2 is 1.69 bits per heavy atom. The topological polar surface area (TPSA) is 69.9 Å². The van der Waals surface area contributed by atoms with Gasteiger partial charge in [0.2, 0.25) is 0 Å². The van der Waals surface area contributed by atoms with E-state index in [-0.39, 0.29) is 63.6 Å². The molecular formula is C22H19ClKNO4. The number of carboxylic acids is 1. The van der Waals surface area contributed by atoms with Crippen molar-refractivity contribution in [3.05, 3.63) is 99.5 Å². The SMILES string of the molecule is Cc1ccc(OCc2ccc(Cl)cc2[N-]OCc2ccc(C(=O)O)cc2)cc1.[K+]. The van der Waals surface area contributed by atoms with Crippen LogP contribution in [0.1, 0.15) is 27.0 Å². The first kappa shape index (κ1) is 23.9. The second kappa shape index (κ2) is 11.7. The van der Waals surface area contributed by atoms with Crippen molar-refractivity contribution in [2.45, 2.75) is 20.1 Å². The number of carboxylic acid groups (broad SMARTS) is 1. The van der Waals surface area contributed by atoms with Gasteiger partial charge in [-0.2, -0.15) is 0 Å². The van der Waals surface area contributed by atoms with E-state index in [9.17, 15) is 4.79 Å². The molecule has 0 aliphatic carbocycles. The molecule has 1 N–H and O–H groups in total. The van der Waals surface area contributed by atoms with Crippen LogP contribution >= 0.6 is 11.6 Å². The Morgan fingerprint density at radius 3 is 2.34 bits per heavy atom. The normalized spacial score (nSPS) is 10.1. The van der Waals surface area contributed by atoms with Gasteiger partial charge in [-0.05, 0) is 48.4 Å². The molecule has 0 atom stereocenters. The van der Waals surface area contributed by atoms with Crippen LogP contribution in [-0.2, 0) is 18.1 Å². The summed E-state index contributed by atoms with van der Waals surface area (Å²) in [6.07, 6.45) is 0. The van der Waals surface area contributed by atoms with Crippen molar-refractivity contribution in [3.63, 3.8) is 0 Å². The average Bonchev–Trinajstić information content (AvgIpc) is 2.69. The monoisotopic (exact) mass is 435 g/mol. The fourth-order valence-corrected chi connectivity index (χ4v) is 2.63. The number of nitrogens with zero attached hydrogens (tertiary/aromatic N) is 1. The average molecular weight is 436 g/mol. The minimum absolute atomic E-state index is 0. The summed E-state index contributed by atoms with van der Waals surface area (Å²) in [7, 11) is 0. The van der Waals surface area contributed by atoms with E-state index >= 15 is 0 Å². The molecule has 0 spiro atoms. The number of hydrogen-bond acceptors (Lipinski definition) is 3. The van der Waals surface area contributed by atoms with Gasteiger partial charge in [0.15, 0.2) is 0 Å². The van der Waals surface area contributed by atoms with Crippen LogP contribution in [0.4, 0.5) is 5.69 Å². The summed E-state index contributed by atoms with van der Waals surface area (Å²) in [6.45, 7) is 2.56. The Morgan fingerprint density at radius 1 is 1.00 bits per heavy atom. The van der Waals surface area contributed by atoms with Crippen molar-refractivity contribution in [1.29, 1.82) is 0 Å². The zero-order chi connectivity index (χ0) is 19.9. The molecule has 5 nitrogen and oxygen atoms in total. The van der Waals surface area contributed by atoms with Gasteiger partial charge in [0.25, 0.3) is 0 Å². The molecule has 0 aromatic heterocycles. The number of halogens is 1. The zero-order valence-corrected chi connectivity index (χ0v) is 20.1. The zero-order valence-electron chi connectivity index (χ0n) is 16.3. The van der Waals surface area contributed by atoms with E-state index in [1.54, 1.807) is 24.3 Å². The van der Waals surface area contributed by atoms with Gasteiger partial charge in [0.05, 0.1) is 12.2 Å². The molecule has 0 aliphatic rings. The molecule has 144 valence electrons. The molecule has 3 aromatic carbocycles. The van der Waals surface area contributed by atoms with Gasteiger partial charge in [0, 0.05) is 5.02 Å². The minimum atomic E-state index is -0.964. The first-order valence-electron chi connectivity index (χ1n) is 8.64. The molecule has 0 saturated carbocycles. The number of ether oxygens (including phenoxy) is 1. The van der Waals surface area contributed by atoms with Crippen LogP contribution in [0.3, 0.4) is 0 Å². The predicted octanol–water partition coefficient (Wildman–Crippen LogP) is 3.07. The quantitative estimate of drug-likeness (QED) is 0.436. The van der Waals surface area contributed by atoms with E-state index in [0.29, 0.717) is 17.3 Å². The molecule has 3 rings (SSSR count). The fraction of sp³-hybridized carbons (Fsp3) is 0.136. The van der Waals surface area contributed by atoms with Gasteiger partial charge in [0.1, 0.15) is 12.4 Å². The van der Waals surface area contributed by atoms with Crippen molar-refractivity contribution < 1.29 is 70.9 Å². The molecule has 0 amide bonds. The Labute approximate surface area is 217 Å². The molecular weight excluding hydrogens is 417 g/mol. The van der Waals surface area contributed by atoms with Crippen LogP contribution in [-0.4, -0.2) is 11.1 Å². The minimum Gasteiger partial charge on any atom is -0.561 e. The Balaban J connectivity index is 0.00000300. The van der Waals surface area contributed by atoms with Gasteiger partial charge in [-0.3, -0.25) is 0 Å². The number of carbonyl (C=O) groups is 1. The number of benzene rings is 3. The van der Waals surface area contributed by atoms with Crippen molar-refractivity contribution in [2.75, 3.05) is 0 Å². The molecule has 7 heteroatoms. The van der Waals surface area contributed by atoms with Crippen LogP contribution in [0.5, 0.6) is 5.75 Å². The van der Waals surface area contributed by atoms with Crippen LogP contribution in [0, 0.1) is 6.92 Å². The number of rotatable bonds is 8. The Kier molecular flexibility index (Phi) is 9.65. The maximum Gasteiger partial charge on any atom is 1.00 e. The molecule has 0 fully saturated rings. The van der Waals surface area contributed by atoms with Gasteiger partial charge in [-0.15, -0.1) is 5.69 Å². The van der Waals surface area contributed by atoms with Gasteiger partial charge >= 0.3 is 57.4 Å². The molecule has 0 radical (unpaired) electrons. The summed E-state index contributed by atoms with van der Waals surface area (Å²) < 4.78 is 5.81. The summed E-state index contributed by atoms with van der Waals surface area (Å²) in [5.41, 5.74) is 7.80. The third kappa shape index (κ3) is 7.42. The molecule has 0 heterocycles. The second-order valence-electron chi connectivity index (χ2n) is 6.24.